The molecule has 0 spiro atoms. The Morgan fingerprint density at radius 2 is 1.75 bits per heavy atom. The summed E-state index contributed by atoms with van der Waals surface area (Å²) in [6, 6.07) is 18.0. The Morgan fingerprint density at radius 1 is 1.08 bits per heavy atom. The van der Waals surface area contributed by atoms with Crippen molar-refractivity contribution in [1.82, 2.24) is 10.2 Å². The number of ether oxygens (including phenoxy) is 1. The van der Waals surface area contributed by atoms with Gasteiger partial charge in [-0.2, -0.15) is 0 Å². The number of hydrogen-bond acceptors (Lipinski definition) is 3. The highest BCUT2D eigenvalue weighted by atomic mass is 16.5. The number of likely N-dealkylation sites (tertiary alicyclic amines) is 1. The van der Waals surface area contributed by atoms with E-state index >= 15 is 0 Å². The molecule has 24 heavy (non-hydrogen) atoms. The maximum atomic E-state index is 12.6. The van der Waals surface area contributed by atoms with Crippen molar-refractivity contribution in [2.45, 2.75) is 18.9 Å². The molecule has 2 aromatic rings. The van der Waals surface area contributed by atoms with Crippen molar-refractivity contribution in [3.05, 3.63) is 65.7 Å². The number of amides is 1. The van der Waals surface area contributed by atoms with Gasteiger partial charge in [0.1, 0.15) is 5.75 Å². The fraction of sp³-hybridized carbons (Fsp3) is 0.350. The average molecular weight is 324 g/mol. The number of methoxy groups -OCH3 is 1. The number of rotatable bonds is 6. The number of nitrogens with one attached hydrogen (secondary N) is 1. The Morgan fingerprint density at radius 3 is 2.46 bits per heavy atom. The van der Waals surface area contributed by atoms with Gasteiger partial charge in [0.15, 0.2) is 0 Å². The van der Waals surface area contributed by atoms with Crippen LogP contribution in [0.4, 0.5) is 0 Å². The second-order valence-electron chi connectivity index (χ2n) is 6.08. The summed E-state index contributed by atoms with van der Waals surface area (Å²) in [5.74, 6) is 0.514. The molecule has 1 fully saturated rings. The van der Waals surface area contributed by atoms with Gasteiger partial charge >= 0.3 is 0 Å². The first kappa shape index (κ1) is 16.5. The highest BCUT2D eigenvalue weighted by molar-refractivity contribution is 5.96. The van der Waals surface area contributed by atoms with E-state index in [0.29, 0.717) is 17.9 Å². The second-order valence-corrected chi connectivity index (χ2v) is 6.08. The van der Waals surface area contributed by atoms with Crippen LogP contribution in [0.2, 0.25) is 0 Å². The minimum Gasteiger partial charge on any atom is -0.496 e. The smallest absolute Gasteiger partial charge is 0.255 e. The first-order valence-corrected chi connectivity index (χ1v) is 8.50. The van der Waals surface area contributed by atoms with E-state index < -0.39 is 0 Å². The topological polar surface area (TPSA) is 41.6 Å². The number of benzene rings is 2. The van der Waals surface area contributed by atoms with Crippen LogP contribution in [-0.2, 0) is 0 Å². The molecule has 0 bridgehead atoms. The fourth-order valence-electron chi connectivity index (χ4n) is 3.30. The zero-order valence-corrected chi connectivity index (χ0v) is 14.1. The van der Waals surface area contributed by atoms with E-state index in [-0.39, 0.29) is 11.9 Å². The Balaban J connectivity index is 1.72. The number of carbonyl (C=O) groups is 1. The quantitative estimate of drug-likeness (QED) is 0.887. The van der Waals surface area contributed by atoms with Crippen molar-refractivity contribution in [2.75, 3.05) is 26.7 Å². The molecule has 2 aromatic carbocycles. The molecule has 0 saturated carbocycles. The summed E-state index contributed by atoms with van der Waals surface area (Å²) in [5.41, 5.74) is 1.83. The van der Waals surface area contributed by atoms with E-state index in [1.807, 2.05) is 24.3 Å². The third-order valence-corrected chi connectivity index (χ3v) is 4.57. The van der Waals surface area contributed by atoms with Crippen molar-refractivity contribution >= 4 is 5.91 Å². The maximum Gasteiger partial charge on any atom is 0.255 e. The van der Waals surface area contributed by atoms with E-state index in [1.54, 1.807) is 13.2 Å². The predicted octanol–water partition coefficient (Wildman–Crippen LogP) is 3.26. The zero-order valence-electron chi connectivity index (χ0n) is 14.1. The number of nitrogens with zero attached hydrogens (tertiary/aromatic N) is 1. The van der Waals surface area contributed by atoms with E-state index in [2.05, 4.69) is 34.5 Å². The average Bonchev–Trinajstić information content (AvgIpc) is 3.17. The third-order valence-electron chi connectivity index (χ3n) is 4.57. The molecule has 1 aliphatic rings. The minimum atomic E-state index is -0.0902. The normalized spacial score (nSPS) is 15.9. The van der Waals surface area contributed by atoms with Crippen LogP contribution in [0, 0.1) is 0 Å². The van der Waals surface area contributed by atoms with Crippen LogP contribution in [0.15, 0.2) is 54.6 Å². The molecule has 1 unspecified atom stereocenters. The fourth-order valence-corrected chi connectivity index (χ4v) is 3.30. The van der Waals surface area contributed by atoms with Crippen LogP contribution in [0.5, 0.6) is 5.75 Å². The highest BCUT2D eigenvalue weighted by Crippen LogP contribution is 2.25. The van der Waals surface area contributed by atoms with Gasteiger partial charge in [-0.05, 0) is 43.6 Å². The first-order valence-electron chi connectivity index (χ1n) is 8.50. The van der Waals surface area contributed by atoms with Crippen LogP contribution in [-0.4, -0.2) is 37.6 Å². The summed E-state index contributed by atoms with van der Waals surface area (Å²) in [4.78, 5) is 15.0. The van der Waals surface area contributed by atoms with E-state index in [4.69, 9.17) is 4.74 Å². The van der Waals surface area contributed by atoms with Gasteiger partial charge in [-0.25, -0.2) is 0 Å². The molecule has 1 amide bonds. The standard InChI is InChI=1S/C20H24N2O2/c1-24-19-12-6-5-11-17(19)20(23)21-15-18(22-13-7-8-14-22)16-9-3-2-4-10-16/h2-6,9-12,18H,7-8,13-15H2,1H3,(H,21,23). The Kier molecular flexibility index (Phi) is 5.49. The summed E-state index contributed by atoms with van der Waals surface area (Å²) in [6.07, 6.45) is 2.45. The maximum absolute atomic E-state index is 12.6. The number of hydrogen-bond donors (Lipinski definition) is 1. The van der Waals surface area contributed by atoms with Crippen LogP contribution in [0.3, 0.4) is 0 Å². The first-order chi connectivity index (χ1) is 11.8. The molecule has 4 nitrogen and oxygen atoms in total. The van der Waals surface area contributed by atoms with E-state index in [0.717, 1.165) is 13.1 Å². The molecule has 1 aliphatic heterocycles. The van der Waals surface area contributed by atoms with Crippen LogP contribution in [0.25, 0.3) is 0 Å². The lowest BCUT2D eigenvalue weighted by molar-refractivity contribution is 0.0935. The summed E-state index contributed by atoms with van der Waals surface area (Å²) in [5, 5.41) is 3.09. The van der Waals surface area contributed by atoms with Crippen LogP contribution in [0.1, 0.15) is 34.8 Å². The molecule has 0 radical (unpaired) electrons. The lowest BCUT2D eigenvalue weighted by atomic mass is 10.1. The van der Waals surface area contributed by atoms with Crippen molar-refractivity contribution in [1.29, 1.82) is 0 Å². The summed E-state index contributed by atoms with van der Waals surface area (Å²) in [7, 11) is 1.59. The lowest BCUT2D eigenvalue weighted by Gasteiger charge is -2.28. The van der Waals surface area contributed by atoms with Gasteiger partial charge in [0.25, 0.3) is 5.91 Å². The number of para-hydroxylation sites is 1. The summed E-state index contributed by atoms with van der Waals surface area (Å²) >= 11 is 0. The minimum absolute atomic E-state index is 0.0902. The molecule has 1 heterocycles. The van der Waals surface area contributed by atoms with Crippen molar-refractivity contribution in [3.63, 3.8) is 0 Å². The molecule has 1 saturated heterocycles. The molecule has 1 atom stereocenters. The van der Waals surface area contributed by atoms with Gasteiger partial charge in [-0.3, -0.25) is 9.69 Å². The largest absolute Gasteiger partial charge is 0.496 e. The zero-order chi connectivity index (χ0) is 16.8. The lowest BCUT2D eigenvalue weighted by Crippen LogP contribution is -2.36. The predicted molar refractivity (Wildman–Crippen MR) is 95.3 cm³/mol. The summed E-state index contributed by atoms with van der Waals surface area (Å²) < 4.78 is 5.29. The van der Waals surface area contributed by atoms with Gasteiger partial charge in [0.05, 0.1) is 18.7 Å². The van der Waals surface area contributed by atoms with Crippen molar-refractivity contribution in [3.8, 4) is 5.75 Å². The highest BCUT2D eigenvalue weighted by Gasteiger charge is 2.24. The second kappa shape index (κ2) is 7.97. The van der Waals surface area contributed by atoms with E-state index in [1.165, 1.54) is 18.4 Å². The van der Waals surface area contributed by atoms with Crippen molar-refractivity contribution in [2.24, 2.45) is 0 Å². The Labute approximate surface area is 143 Å². The van der Waals surface area contributed by atoms with Gasteiger partial charge in [-0.1, -0.05) is 42.5 Å². The van der Waals surface area contributed by atoms with Gasteiger partial charge < -0.3 is 10.1 Å². The van der Waals surface area contributed by atoms with E-state index in [9.17, 15) is 4.79 Å². The SMILES string of the molecule is COc1ccccc1C(=O)NCC(c1ccccc1)N1CCCC1. The van der Waals surface area contributed by atoms with Crippen LogP contribution >= 0.6 is 0 Å². The van der Waals surface area contributed by atoms with Gasteiger partial charge in [-0.15, -0.1) is 0 Å². The molecule has 0 aliphatic carbocycles. The summed E-state index contributed by atoms with van der Waals surface area (Å²) in [6.45, 7) is 2.77. The monoisotopic (exact) mass is 324 g/mol. The molecular formula is C20H24N2O2. The molecule has 0 aromatic heterocycles. The third kappa shape index (κ3) is 3.77. The number of carbonyl (C=O) groups excluding carboxylic acids is 1. The Bertz CT molecular complexity index is 666. The molecular weight excluding hydrogens is 300 g/mol. The molecule has 4 heteroatoms. The van der Waals surface area contributed by atoms with Gasteiger partial charge in [0, 0.05) is 6.54 Å². The van der Waals surface area contributed by atoms with Gasteiger partial charge in [0.2, 0.25) is 0 Å². The molecule has 1 N–H and O–H groups in total. The Hall–Kier alpha value is -2.33. The van der Waals surface area contributed by atoms with Crippen molar-refractivity contribution < 1.29 is 9.53 Å². The molecule has 126 valence electrons. The molecule has 3 rings (SSSR count). The van der Waals surface area contributed by atoms with Crippen LogP contribution < -0.4 is 10.1 Å².